The molecule has 2 N–H and O–H groups in total. The van der Waals surface area contributed by atoms with E-state index >= 15 is 0 Å². The summed E-state index contributed by atoms with van der Waals surface area (Å²) in [5.41, 5.74) is 0. The van der Waals surface area contributed by atoms with Gasteiger partial charge in [-0.2, -0.15) is 0 Å². The average molecular weight is 311 g/mol. The number of amides is 1. The molecule has 120 valence electrons. The molecule has 0 atom stereocenters. The predicted octanol–water partition coefficient (Wildman–Crippen LogP) is 0.346. The van der Waals surface area contributed by atoms with Gasteiger partial charge in [-0.05, 0) is 12.8 Å². The van der Waals surface area contributed by atoms with Crippen molar-refractivity contribution in [2.75, 3.05) is 53.2 Å². The molecule has 0 aromatic carbocycles. The summed E-state index contributed by atoms with van der Waals surface area (Å²) in [6.07, 6.45) is 2.56. The molecule has 0 bridgehead atoms. The molecule has 1 fully saturated rings. The van der Waals surface area contributed by atoms with Crippen LogP contribution < -0.4 is 10.6 Å². The molecule has 20 heavy (non-hydrogen) atoms. The highest BCUT2D eigenvalue weighted by atomic mass is 35.5. The first-order valence-corrected chi connectivity index (χ1v) is 6.98. The van der Waals surface area contributed by atoms with Crippen LogP contribution in [0.5, 0.6) is 0 Å². The molecule has 0 aromatic rings. The summed E-state index contributed by atoms with van der Waals surface area (Å²) < 4.78 is 15.8. The number of hydrogen-bond acceptors (Lipinski definition) is 5. The van der Waals surface area contributed by atoms with Gasteiger partial charge in [-0.25, -0.2) is 0 Å². The molecule has 0 unspecified atom stereocenters. The van der Waals surface area contributed by atoms with E-state index in [4.69, 9.17) is 14.2 Å². The third-order valence-electron chi connectivity index (χ3n) is 2.96. The van der Waals surface area contributed by atoms with Gasteiger partial charge in [0.1, 0.15) is 0 Å². The Labute approximate surface area is 127 Å². The Balaban J connectivity index is 0.00000361. The largest absolute Gasteiger partial charge is 0.383 e. The Morgan fingerprint density at radius 3 is 2.65 bits per heavy atom. The molecule has 1 saturated heterocycles. The summed E-state index contributed by atoms with van der Waals surface area (Å²) in [5.74, 6) is 0.0422. The van der Waals surface area contributed by atoms with E-state index in [2.05, 4.69) is 10.6 Å². The number of rotatable bonds is 10. The van der Waals surface area contributed by atoms with Crippen LogP contribution in [0.15, 0.2) is 0 Å². The van der Waals surface area contributed by atoms with E-state index in [1.807, 2.05) is 0 Å². The van der Waals surface area contributed by atoms with Gasteiger partial charge < -0.3 is 24.8 Å². The highest BCUT2D eigenvalue weighted by Gasteiger charge is 2.14. The number of methoxy groups -OCH3 is 1. The average Bonchev–Trinajstić information content (AvgIpc) is 2.44. The maximum Gasteiger partial charge on any atom is 0.222 e. The molecule has 0 saturated carbocycles. The lowest BCUT2D eigenvalue weighted by molar-refractivity contribution is -0.123. The van der Waals surface area contributed by atoms with Gasteiger partial charge in [0.25, 0.3) is 0 Å². The van der Waals surface area contributed by atoms with Gasteiger partial charge in [-0.15, -0.1) is 12.4 Å². The standard InChI is InChI=1S/C13H26N2O4.ClH/c1-17-11-7-14-5-6-15-13(16)4-10-19-12-2-8-18-9-3-12;/h12,14H,2-11H2,1H3,(H,15,16);1H. The van der Waals surface area contributed by atoms with Crippen molar-refractivity contribution >= 4 is 18.3 Å². The summed E-state index contributed by atoms with van der Waals surface area (Å²) in [4.78, 5) is 11.5. The number of carbonyl (C=O) groups is 1. The van der Waals surface area contributed by atoms with Crippen LogP contribution >= 0.6 is 12.4 Å². The van der Waals surface area contributed by atoms with E-state index in [9.17, 15) is 4.79 Å². The topological polar surface area (TPSA) is 68.8 Å². The van der Waals surface area contributed by atoms with Crippen LogP contribution in [0.3, 0.4) is 0 Å². The van der Waals surface area contributed by atoms with Gasteiger partial charge in [-0.3, -0.25) is 4.79 Å². The monoisotopic (exact) mass is 310 g/mol. The fourth-order valence-corrected chi connectivity index (χ4v) is 1.84. The van der Waals surface area contributed by atoms with Crippen LogP contribution in [-0.4, -0.2) is 65.2 Å². The van der Waals surface area contributed by atoms with Crippen molar-refractivity contribution in [2.45, 2.75) is 25.4 Å². The van der Waals surface area contributed by atoms with Gasteiger partial charge in [0.15, 0.2) is 0 Å². The second-order valence-electron chi connectivity index (χ2n) is 4.53. The first-order chi connectivity index (χ1) is 9.33. The zero-order valence-electron chi connectivity index (χ0n) is 12.2. The van der Waals surface area contributed by atoms with E-state index < -0.39 is 0 Å². The molecular weight excluding hydrogens is 284 g/mol. The van der Waals surface area contributed by atoms with Crippen LogP contribution in [0.25, 0.3) is 0 Å². The van der Waals surface area contributed by atoms with Gasteiger partial charge >= 0.3 is 0 Å². The number of ether oxygens (including phenoxy) is 3. The van der Waals surface area contributed by atoms with E-state index in [1.165, 1.54) is 0 Å². The van der Waals surface area contributed by atoms with Crippen LogP contribution in [0.2, 0.25) is 0 Å². The minimum atomic E-state index is 0. The lowest BCUT2D eigenvalue weighted by Crippen LogP contribution is -2.34. The molecular formula is C13H27ClN2O4. The Morgan fingerprint density at radius 1 is 1.20 bits per heavy atom. The fourth-order valence-electron chi connectivity index (χ4n) is 1.84. The maximum absolute atomic E-state index is 11.5. The Kier molecular flexibility index (Phi) is 13.3. The predicted molar refractivity (Wildman–Crippen MR) is 79.4 cm³/mol. The molecule has 0 spiro atoms. The highest BCUT2D eigenvalue weighted by molar-refractivity contribution is 5.85. The van der Waals surface area contributed by atoms with Gasteiger partial charge in [0.2, 0.25) is 5.91 Å². The summed E-state index contributed by atoms with van der Waals surface area (Å²) in [7, 11) is 1.67. The molecule has 0 aliphatic carbocycles. The smallest absolute Gasteiger partial charge is 0.222 e. The van der Waals surface area contributed by atoms with Crippen LogP contribution in [0.1, 0.15) is 19.3 Å². The zero-order chi connectivity index (χ0) is 13.8. The summed E-state index contributed by atoms with van der Waals surface area (Å²) in [5, 5.41) is 6.01. The fraction of sp³-hybridized carbons (Fsp3) is 0.923. The number of halogens is 1. The highest BCUT2D eigenvalue weighted by Crippen LogP contribution is 2.10. The van der Waals surface area contributed by atoms with Crippen LogP contribution in [0.4, 0.5) is 0 Å². The lowest BCUT2D eigenvalue weighted by Gasteiger charge is -2.22. The molecule has 0 aromatic heterocycles. The third kappa shape index (κ3) is 10.4. The molecule has 1 aliphatic heterocycles. The van der Waals surface area contributed by atoms with Crippen molar-refractivity contribution in [3.05, 3.63) is 0 Å². The maximum atomic E-state index is 11.5. The lowest BCUT2D eigenvalue weighted by atomic mass is 10.1. The molecule has 1 heterocycles. The number of nitrogens with one attached hydrogen (secondary N) is 2. The second kappa shape index (κ2) is 13.6. The first-order valence-electron chi connectivity index (χ1n) is 6.98. The number of hydrogen-bond donors (Lipinski definition) is 2. The van der Waals surface area contributed by atoms with Crippen molar-refractivity contribution in [3.63, 3.8) is 0 Å². The third-order valence-corrected chi connectivity index (χ3v) is 2.96. The first kappa shape index (κ1) is 19.6. The molecule has 7 heteroatoms. The van der Waals surface area contributed by atoms with E-state index in [0.717, 1.165) is 39.1 Å². The van der Waals surface area contributed by atoms with Crippen molar-refractivity contribution in [2.24, 2.45) is 0 Å². The molecule has 1 rings (SSSR count). The Morgan fingerprint density at radius 2 is 1.95 bits per heavy atom. The minimum absolute atomic E-state index is 0. The Bertz CT molecular complexity index is 238. The molecule has 1 amide bonds. The quantitative estimate of drug-likeness (QED) is 0.570. The van der Waals surface area contributed by atoms with Gasteiger partial charge in [0.05, 0.1) is 19.3 Å². The summed E-state index contributed by atoms with van der Waals surface area (Å²) >= 11 is 0. The second-order valence-corrected chi connectivity index (χ2v) is 4.53. The SMILES string of the molecule is COCCNCCNC(=O)CCOC1CCOCC1.Cl. The minimum Gasteiger partial charge on any atom is -0.383 e. The zero-order valence-corrected chi connectivity index (χ0v) is 13.0. The summed E-state index contributed by atoms with van der Waals surface area (Å²) in [6.45, 7) is 4.92. The van der Waals surface area contributed by atoms with E-state index in [0.29, 0.717) is 26.2 Å². The van der Waals surface area contributed by atoms with E-state index in [1.54, 1.807) is 7.11 Å². The van der Waals surface area contributed by atoms with E-state index in [-0.39, 0.29) is 24.4 Å². The van der Waals surface area contributed by atoms with Crippen molar-refractivity contribution in [1.82, 2.24) is 10.6 Å². The van der Waals surface area contributed by atoms with Gasteiger partial charge in [0, 0.05) is 46.4 Å². The normalized spacial score (nSPS) is 15.7. The van der Waals surface area contributed by atoms with Gasteiger partial charge in [-0.1, -0.05) is 0 Å². The van der Waals surface area contributed by atoms with Crippen LogP contribution in [0, 0.1) is 0 Å². The molecule has 0 radical (unpaired) electrons. The van der Waals surface area contributed by atoms with Crippen molar-refractivity contribution < 1.29 is 19.0 Å². The number of carbonyl (C=O) groups excluding carboxylic acids is 1. The Hall–Kier alpha value is -0.400. The van der Waals surface area contributed by atoms with Crippen LogP contribution in [-0.2, 0) is 19.0 Å². The molecule has 1 aliphatic rings. The van der Waals surface area contributed by atoms with Crippen molar-refractivity contribution in [3.8, 4) is 0 Å². The van der Waals surface area contributed by atoms with Crippen molar-refractivity contribution in [1.29, 1.82) is 0 Å². The summed E-state index contributed by atoms with van der Waals surface area (Å²) in [6, 6.07) is 0. The molecule has 6 nitrogen and oxygen atoms in total.